The van der Waals surface area contributed by atoms with Crippen molar-refractivity contribution in [3.05, 3.63) is 35.0 Å². The van der Waals surface area contributed by atoms with Gasteiger partial charge in [0.15, 0.2) is 5.76 Å². The molecule has 2 N–H and O–H groups in total. The van der Waals surface area contributed by atoms with Crippen molar-refractivity contribution < 1.29 is 17.6 Å². The summed E-state index contributed by atoms with van der Waals surface area (Å²) in [5.74, 6) is -0.148. The first kappa shape index (κ1) is 15.8. The number of hydrogen-bond acceptors (Lipinski definition) is 4. The van der Waals surface area contributed by atoms with Crippen LogP contribution in [0.2, 0.25) is 5.02 Å². The molecule has 0 aliphatic heterocycles. The van der Waals surface area contributed by atoms with E-state index in [0.717, 1.165) is 11.6 Å². The van der Waals surface area contributed by atoms with Gasteiger partial charge in [-0.05, 0) is 30.7 Å². The van der Waals surface area contributed by atoms with Gasteiger partial charge in [0.1, 0.15) is 5.58 Å². The summed E-state index contributed by atoms with van der Waals surface area (Å²) in [4.78, 5) is 11.9. The van der Waals surface area contributed by atoms with Gasteiger partial charge in [0, 0.05) is 23.5 Å². The lowest BCUT2D eigenvalue weighted by molar-refractivity contribution is 0.0928. The summed E-state index contributed by atoms with van der Waals surface area (Å²) in [5.41, 5.74) is 0.586. The highest BCUT2D eigenvalue weighted by molar-refractivity contribution is 7.88. The van der Waals surface area contributed by atoms with Crippen molar-refractivity contribution in [2.75, 3.05) is 19.3 Å². The fraction of sp³-hybridized carbons (Fsp3) is 0.308. The number of benzene rings is 1. The molecule has 0 fully saturated rings. The van der Waals surface area contributed by atoms with E-state index in [1.54, 1.807) is 24.3 Å². The van der Waals surface area contributed by atoms with E-state index >= 15 is 0 Å². The average molecular weight is 331 g/mol. The van der Waals surface area contributed by atoms with Crippen LogP contribution in [0.15, 0.2) is 28.7 Å². The van der Waals surface area contributed by atoms with Gasteiger partial charge in [-0.2, -0.15) is 0 Å². The number of hydrogen-bond donors (Lipinski definition) is 2. The molecule has 1 aromatic carbocycles. The van der Waals surface area contributed by atoms with Crippen LogP contribution >= 0.6 is 11.6 Å². The highest BCUT2D eigenvalue weighted by Gasteiger charge is 2.11. The lowest BCUT2D eigenvalue weighted by Gasteiger charge is -2.03. The summed E-state index contributed by atoms with van der Waals surface area (Å²) in [6, 6.07) is 6.72. The van der Waals surface area contributed by atoms with Gasteiger partial charge in [0.2, 0.25) is 10.0 Å². The number of nitrogens with one attached hydrogen (secondary N) is 2. The van der Waals surface area contributed by atoms with Gasteiger partial charge in [-0.25, -0.2) is 13.1 Å². The Morgan fingerprint density at radius 3 is 2.76 bits per heavy atom. The van der Waals surface area contributed by atoms with Gasteiger partial charge >= 0.3 is 0 Å². The Morgan fingerprint density at radius 2 is 2.05 bits per heavy atom. The molecule has 2 aromatic rings. The van der Waals surface area contributed by atoms with E-state index < -0.39 is 10.0 Å². The van der Waals surface area contributed by atoms with Crippen molar-refractivity contribution >= 4 is 38.5 Å². The maximum absolute atomic E-state index is 11.9. The van der Waals surface area contributed by atoms with Crippen LogP contribution in [0.3, 0.4) is 0 Å². The minimum atomic E-state index is -3.19. The van der Waals surface area contributed by atoms with Crippen molar-refractivity contribution in [1.82, 2.24) is 10.0 Å². The number of halogens is 1. The summed E-state index contributed by atoms with van der Waals surface area (Å²) in [6.07, 6.45) is 1.58. The second kappa shape index (κ2) is 6.46. The first-order chi connectivity index (χ1) is 9.85. The fourth-order valence-electron chi connectivity index (χ4n) is 1.76. The molecule has 2 rings (SSSR count). The van der Waals surface area contributed by atoms with Crippen LogP contribution in [-0.4, -0.2) is 33.7 Å². The summed E-state index contributed by atoms with van der Waals surface area (Å²) in [7, 11) is -3.19. The Hall–Kier alpha value is -1.57. The fourth-order valence-corrected chi connectivity index (χ4v) is 2.46. The van der Waals surface area contributed by atoms with E-state index in [0.29, 0.717) is 23.6 Å². The average Bonchev–Trinajstić information content (AvgIpc) is 2.79. The molecule has 8 heteroatoms. The molecule has 21 heavy (non-hydrogen) atoms. The predicted octanol–water partition coefficient (Wildman–Crippen LogP) is 1.76. The molecule has 0 spiro atoms. The third-order valence-corrected chi connectivity index (χ3v) is 3.67. The SMILES string of the molecule is CS(=O)(=O)NCCCNC(=O)c1cc2cc(Cl)ccc2o1. The summed E-state index contributed by atoms with van der Waals surface area (Å²) >= 11 is 5.86. The molecular weight excluding hydrogens is 316 g/mol. The van der Waals surface area contributed by atoms with Gasteiger partial charge in [-0.1, -0.05) is 11.6 Å². The molecule has 1 heterocycles. The van der Waals surface area contributed by atoms with Gasteiger partial charge in [0.05, 0.1) is 6.26 Å². The monoisotopic (exact) mass is 330 g/mol. The molecule has 0 saturated carbocycles. The maximum Gasteiger partial charge on any atom is 0.287 e. The zero-order valence-corrected chi connectivity index (χ0v) is 12.9. The number of fused-ring (bicyclic) bond motifs is 1. The van der Waals surface area contributed by atoms with Crippen LogP contribution in [0.25, 0.3) is 11.0 Å². The number of amides is 1. The van der Waals surface area contributed by atoms with E-state index in [4.69, 9.17) is 16.0 Å². The number of sulfonamides is 1. The van der Waals surface area contributed by atoms with Crippen LogP contribution in [0, 0.1) is 0 Å². The molecule has 1 aromatic heterocycles. The minimum absolute atomic E-state index is 0.198. The Balaban J connectivity index is 1.87. The largest absolute Gasteiger partial charge is 0.451 e. The van der Waals surface area contributed by atoms with E-state index in [1.165, 1.54) is 0 Å². The van der Waals surface area contributed by atoms with Gasteiger partial charge in [-0.3, -0.25) is 4.79 Å². The molecule has 6 nitrogen and oxygen atoms in total. The normalized spacial score (nSPS) is 11.7. The van der Waals surface area contributed by atoms with Crippen molar-refractivity contribution in [2.45, 2.75) is 6.42 Å². The zero-order valence-electron chi connectivity index (χ0n) is 11.3. The number of carbonyl (C=O) groups excluding carboxylic acids is 1. The van der Waals surface area contributed by atoms with Crippen LogP contribution in [0.4, 0.5) is 0 Å². The quantitative estimate of drug-likeness (QED) is 0.790. The Kier molecular flexibility index (Phi) is 4.87. The first-order valence-corrected chi connectivity index (χ1v) is 8.54. The molecule has 0 atom stereocenters. The van der Waals surface area contributed by atoms with E-state index in [2.05, 4.69) is 10.0 Å². The van der Waals surface area contributed by atoms with Crippen LogP contribution in [0.1, 0.15) is 17.0 Å². The molecule has 0 bridgehead atoms. The van der Waals surface area contributed by atoms with Gasteiger partial charge in [0.25, 0.3) is 5.91 Å². The smallest absolute Gasteiger partial charge is 0.287 e. The van der Waals surface area contributed by atoms with Gasteiger partial charge in [-0.15, -0.1) is 0 Å². The van der Waals surface area contributed by atoms with Crippen molar-refractivity contribution in [3.63, 3.8) is 0 Å². The highest BCUT2D eigenvalue weighted by Crippen LogP contribution is 2.22. The molecular formula is C13H15ClN2O4S. The molecule has 0 aliphatic rings. The Morgan fingerprint density at radius 1 is 1.29 bits per heavy atom. The molecule has 1 amide bonds. The Labute approximate surface area is 127 Å². The van der Waals surface area contributed by atoms with E-state index in [-0.39, 0.29) is 18.2 Å². The lowest BCUT2D eigenvalue weighted by atomic mass is 10.2. The summed E-state index contributed by atoms with van der Waals surface area (Å²) < 4.78 is 29.5. The van der Waals surface area contributed by atoms with Crippen LogP contribution in [-0.2, 0) is 10.0 Å². The van der Waals surface area contributed by atoms with Crippen LogP contribution in [0.5, 0.6) is 0 Å². The molecule has 0 aliphatic carbocycles. The number of furan rings is 1. The second-order valence-electron chi connectivity index (χ2n) is 4.57. The third-order valence-electron chi connectivity index (χ3n) is 2.71. The predicted molar refractivity (Wildman–Crippen MR) is 81.0 cm³/mol. The number of rotatable bonds is 6. The Bertz CT molecular complexity index is 755. The molecule has 0 radical (unpaired) electrons. The molecule has 0 unspecified atom stereocenters. The second-order valence-corrected chi connectivity index (χ2v) is 6.84. The molecule has 114 valence electrons. The molecule has 0 saturated heterocycles. The topological polar surface area (TPSA) is 88.4 Å². The first-order valence-electron chi connectivity index (χ1n) is 6.27. The summed E-state index contributed by atoms with van der Waals surface area (Å²) in [5, 5.41) is 3.99. The maximum atomic E-state index is 11.9. The van der Waals surface area contributed by atoms with Gasteiger partial charge < -0.3 is 9.73 Å². The van der Waals surface area contributed by atoms with Crippen molar-refractivity contribution in [2.24, 2.45) is 0 Å². The highest BCUT2D eigenvalue weighted by atomic mass is 35.5. The summed E-state index contributed by atoms with van der Waals surface area (Å²) in [6.45, 7) is 0.619. The van der Waals surface area contributed by atoms with E-state index in [9.17, 15) is 13.2 Å². The zero-order chi connectivity index (χ0) is 15.5. The minimum Gasteiger partial charge on any atom is -0.451 e. The van der Waals surface area contributed by atoms with Crippen LogP contribution < -0.4 is 10.0 Å². The third kappa shape index (κ3) is 4.73. The lowest BCUT2D eigenvalue weighted by Crippen LogP contribution is -2.29. The van der Waals surface area contributed by atoms with E-state index in [1.807, 2.05) is 0 Å². The van der Waals surface area contributed by atoms with Crippen molar-refractivity contribution in [3.8, 4) is 0 Å². The standard InChI is InChI=1S/C13H15ClN2O4S/c1-21(18,19)16-6-2-5-15-13(17)12-8-9-7-10(14)3-4-11(9)20-12/h3-4,7-8,16H,2,5-6H2,1H3,(H,15,17). The number of carbonyl (C=O) groups is 1. The van der Waals surface area contributed by atoms with Crippen molar-refractivity contribution in [1.29, 1.82) is 0 Å².